The summed E-state index contributed by atoms with van der Waals surface area (Å²) in [5, 5.41) is 49.1. The third-order valence-corrected chi connectivity index (χ3v) is 14.3. The number of carbonyl (C=O) groups excluding carboxylic acids is 6. The Morgan fingerprint density at radius 1 is 0.731 bits per heavy atom. The molecule has 0 aromatic rings. The molecule has 1 unspecified atom stereocenters. The summed E-state index contributed by atoms with van der Waals surface area (Å²) in [7, 11) is 0. The Labute approximate surface area is 299 Å². The summed E-state index contributed by atoms with van der Waals surface area (Å²) < 4.78 is 35.5. The van der Waals surface area contributed by atoms with Gasteiger partial charge in [0, 0.05) is 63.2 Å². The van der Waals surface area contributed by atoms with Crippen LogP contribution in [0.25, 0.3) is 0 Å². The number of allylic oxidation sites excluding steroid dienone is 1. The molecule has 52 heavy (non-hydrogen) atoms. The van der Waals surface area contributed by atoms with Gasteiger partial charge in [-0.3, -0.25) is 24.0 Å². The smallest absolute Gasteiger partial charge is 0.343 e. The number of Topliss-reactive ketones (excluding diaryl/α,β-unsaturated/α-hetero) is 1. The molecule has 16 heteroatoms. The summed E-state index contributed by atoms with van der Waals surface area (Å²) in [6.07, 6.45) is -6.46. The van der Waals surface area contributed by atoms with Crippen molar-refractivity contribution in [3.63, 3.8) is 0 Å². The zero-order chi connectivity index (χ0) is 38.6. The van der Waals surface area contributed by atoms with Gasteiger partial charge in [0.1, 0.15) is 41.9 Å². The van der Waals surface area contributed by atoms with Gasteiger partial charge >= 0.3 is 29.8 Å². The van der Waals surface area contributed by atoms with Crippen molar-refractivity contribution < 1.29 is 77.6 Å². The Morgan fingerprint density at radius 2 is 1.27 bits per heavy atom. The summed E-state index contributed by atoms with van der Waals surface area (Å²) in [6.45, 7) is 12.1. The van der Waals surface area contributed by atoms with Crippen LogP contribution in [-0.4, -0.2) is 110 Å². The van der Waals surface area contributed by atoms with Gasteiger partial charge in [-0.2, -0.15) is 0 Å². The molecule has 7 aliphatic rings. The lowest BCUT2D eigenvalue weighted by Crippen LogP contribution is -2.83. The van der Waals surface area contributed by atoms with Gasteiger partial charge in [-0.25, -0.2) is 4.79 Å². The Hall–Kier alpha value is -3.44. The fourth-order valence-electron chi connectivity index (χ4n) is 12.3. The van der Waals surface area contributed by atoms with Gasteiger partial charge in [0.05, 0.1) is 16.9 Å². The predicted molar refractivity (Wildman–Crippen MR) is 168 cm³/mol. The molecule has 0 aromatic heterocycles. The highest BCUT2D eigenvalue weighted by atomic mass is 16.6. The van der Waals surface area contributed by atoms with E-state index in [1.807, 2.05) is 0 Å². The van der Waals surface area contributed by atoms with Crippen LogP contribution in [0.4, 0.5) is 0 Å². The van der Waals surface area contributed by atoms with E-state index < -0.39 is 147 Å². The number of epoxide rings is 1. The number of carbonyl (C=O) groups is 6. The van der Waals surface area contributed by atoms with Crippen LogP contribution in [-0.2, 0) is 57.2 Å². The molecule has 2 saturated heterocycles. The van der Waals surface area contributed by atoms with Crippen molar-refractivity contribution in [1.29, 1.82) is 0 Å². The van der Waals surface area contributed by atoms with Crippen LogP contribution in [0.15, 0.2) is 11.8 Å². The molecule has 0 aromatic carbocycles. The number of hydrogen-bond donors (Lipinski definition) is 4. The van der Waals surface area contributed by atoms with Gasteiger partial charge in [-0.05, 0) is 31.8 Å². The normalized spacial score (nSPS) is 51.8. The molecule has 0 spiro atoms. The maximum Gasteiger partial charge on any atom is 0.343 e. The third-order valence-electron chi connectivity index (χ3n) is 14.3. The molecular weight excluding hydrogens is 688 g/mol. The molecule has 4 saturated carbocycles. The van der Waals surface area contributed by atoms with Crippen LogP contribution in [0.1, 0.15) is 68.7 Å². The molecule has 4 N–H and O–H groups in total. The average molecular weight is 735 g/mol. The minimum absolute atomic E-state index is 0.0900. The Morgan fingerprint density at radius 3 is 1.83 bits per heavy atom. The Balaban J connectivity index is 1.58. The maximum atomic E-state index is 14.7. The quantitative estimate of drug-likeness (QED) is 0.127. The number of aliphatic hydroxyl groups is 4. The molecule has 286 valence electrons. The summed E-state index contributed by atoms with van der Waals surface area (Å²) in [5.74, 6) is -16.4. The predicted octanol–water partition coefficient (Wildman–Crippen LogP) is -0.152. The Bertz CT molecular complexity index is 1720. The highest BCUT2D eigenvalue weighted by Gasteiger charge is 2.88. The van der Waals surface area contributed by atoms with E-state index in [4.69, 9.17) is 28.4 Å². The molecular formula is C36H46O16. The lowest BCUT2D eigenvalue weighted by atomic mass is 9.39. The minimum atomic E-state index is -3.44. The second-order valence-corrected chi connectivity index (χ2v) is 16.8. The van der Waals surface area contributed by atoms with Gasteiger partial charge in [0.2, 0.25) is 11.6 Å². The molecule has 7 rings (SSSR count). The first kappa shape index (κ1) is 36.9. The van der Waals surface area contributed by atoms with Gasteiger partial charge in [-0.1, -0.05) is 20.8 Å². The van der Waals surface area contributed by atoms with Crippen molar-refractivity contribution >= 4 is 35.6 Å². The standard InChI is InChI=1S/C36H46O16/c1-12-10-18-32(7,34(9,43)30(42)52-18)22-19(12)31(6)21(25(22)47-13(2)37)20-23(26(48-14(3)38)27(31)49-15(4)39)33(8)28(50-16(5)40)24-17(51-24)11-35(33,44)29(41)36(20,45)46/h10,12,17,19-28,43-46H,11H2,1-9H3/t12-,17+,19+,20+,21-,22+,23?,24+,25-,26+,27+,28+,31-,32+,33+,34-,35+/m1/s1. The first-order valence-corrected chi connectivity index (χ1v) is 17.6. The molecule has 0 radical (unpaired) electrons. The molecule has 17 atom stereocenters. The maximum absolute atomic E-state index is 14.7. The lowest BCUT2D eigenvalue weighted by Gasteiger charge is -2.68. The largest absolute Gasteiger partial charge is 0.462 e. The van der Waals surface area contributed by atoms with Crippen LogP contribution < -0.4 is 0 Å². The van der Waals surface area contributed by atoms with Crippen LogP contribution >= 0.6 is 0 Å². The summed E-state index contributed by atoms with van der Waals surface area (Å²) >= 11 is 0. The van der Waals surface area contributed by atoms with E-state index in [1.165, 1.54) is 13.8 Å². The van der Waals surface area contributed by atoms with Crippen LogP contribution in [0.3, 0.4) is 0 Å². The first-order valence-electron chi connectivity index (χ1n) is 17.6. The second-order valence-electron chi connectivity index (χ2n) is 16.8. The first-order chi connectivity index (χ1) is 23.8. The van der Waals surface area contributed by atoms with Crippen molar-refractivity contribution in [2.75, 3.05) is 0 Å². The highest BCUT2D eigenvalue weighted by molar-refractivity contribution is 5.96. The number of ketones is 1. The van der Waals surface area contributed by atoms with Crippen LogP contribution in [0.2, 0.25) is 0 Å². The summed E-state index contributed by atoms with van der Waals surface area (Å²) in [5.41, 5.74) is -10.1. The lowest BCUT2D eigenvalue weighted by molar-refractivity contribution is -0.344. The molecule has 5 aliphatic carbocycles. The zero-order valence-corrected chi connectivity index (χ0v) is 30.4. The van der Waals surface area contributed by atoms with Crippen molar-refractivity contribution in [1.82, 2.24) is 0 Å². The molecule has 0 amide bonds. The molecule has 6 fully saturated rings. The number of ether oxygens (including phenoxy) is 6. The van der Waals surface area contributed by atoms with E-state index in [9.17, 15) is 49.2 Å². The molecule has 16 nitrogen and oxygen atoms in total. The topological polar surface area (TPSA) is 242 Å². The molecule has 2 heterocycles. The Kier molecular flexibility index (Phi) is 7.69. The van der Waals surface area contributed by atoms with Crippen molar-refractivity contribution in [3.8, 4) is 0 Å². The highest BCUT2D eigenvalue weighted by Crippen LogP contribution is 2.77. The molecule has 0 bridgehead atoms. The van der Waals surface area contributed by atoms with Crippen molar-refractivity contribution in [2.45, 2.75) is 122 Å². The minimum Gasteiger partial charge on any atom is -0.462 e. The fourth-order valence-corrected chi connectivity index (χ4v) is 12.3. The van der Waals surface area contributed by atoms with Gasteiger partial charge in [0.25, 0.3) is 0 Å². The number of fused-ring (bicyclic) bond motifs is 10. The van der Waals surface area contributed by atoms with Crippen molar-refractivity contribution in [3.05, 3.63) is 11.8 Å². The van der Waals surface area contributed by atoms with E-state index in [0.29, 0.717) is 0 Å². The van der Waals surface area contributed by atoms with E-state index >= 15 is 0 Å². The fraction of sp³-hybridized carbons (Fsp3) is 0.778. The summed E-state index contributed by atoms with van der Waals surface area (Å²) in [6, 6.07) is 0. The van der Waals surface area contributed by atoms with Crippen LogP contribution in [0.5, 0.6) is 0 Å². The number of esters is 5. The summed E-state index contributed by atoms with van der Waals surface area (Å²) in [4.78, 5) is 80.0. The average Bonchev–Trinajstić information content (AvgIpc) is 3.68. The number of hydrogen-bond acceptors (Lipinski definition) is 16. The van der Waals surface area contributed by atoms with E-state index in [-0.39, 0.29) is 5.76 Å². The van der Waals surface area contributed by atoms with Gasteiger partial charge in [0.15, 0.2) is 5.60 Å². The zero-order valence-electron chi connectivity index (χ0n) is 30.4. The molecule has 2 aliphatic heterocycles. The van der Waals surface area contributed by atoms with Crippen molar-refractivity contribution in [2.24, 2.45) is 51.8 Å². The third kappa shape index (κ3) is 4.21. The van der Waals surface area contributed by atoms with Gasteiger partial charge in [-0.15, -0.1) is 0 Å². The second kappa shape index (κ2) is 10.8. The monoisotopic (exact) mass is 734 g/mol. The van der Waals surface area contributed by atoms with E-state index in [1.54, 1.807) is 26.8 Å². The van der Waals surface area contributed by atoms with Crippen LogP contribution in [0, 0.1) is 51.8 Å². The van der Waals surface area contributed by atoms with E-state index in [2.05, 4.69) is 0 Å². The van der Waals surface area contributed by atoms with E-state index in [0.717, 1.165) is 27.7 Å². The number of rotatable bonds is 4. The van der Waals surface area contributed by atoms with Gasteiger partial charge < -0.3 is 48.8 Å². The SMILES string of the molecule is CC(=O)O[C@@H]1[C@H]2[C@H]3C([C@H](OC(C)=O)[C@H](OC(C)=O)[C@]2(C)[C@@H]2[C@@H]1[C@]1(C)C(=C[C@H]2C)OC(=O)[C@@]1(C)O)[C@@]1(C)[C@@H](OC(C)=O)[C@H]2O[C@H]2C[C@]1(O)C(=O)C3(O)O.